The van der Waals surface area contributed by atoms with Gasteiger partial charge in [-0.05, 0) is 32.6 Å². The fourth-order valence-electron chi connectivity index (χ4n) is 3.52. The Morgan fingerprint density at radius 1 is 0.700 bits per heavy atom. The van der Waals surface area contributed by atoms with Crippen LogP contribution in [0.2, 0.25) is 0 Å². The highest BCUT2D eigenvalue weighted by molar-refractivity contribution is 5.99. The molecular formula is C26H50O4. The van der Waals surface area contributed by atoms with Crippen molar-refractivity contribution in [3.8, 4) is 0 Å². The van der Waals surface area contributed by atoms with E-state index in [1.54, 1.807) is 13.8 Å². The second-order valence-corrected chi connectivity index (χ2v) is 9.60. The minimum Gasteiger partial charge on any atom is -0.465 e. The monoisotopic (exact) mass is 426 g/mol. The predicted octanol–water partition coefficient (Wildman–Crippen LogP) is 7.62. The van der Waals surface area contributed by atoms with Crippen LogP contribution in [-0.4, -0.2) is 24.6 Å². The Kier molecular flexibility index (Phi) is 17.0. The molecule has 30 heavy (non-hydrogen) atoms. The first-order chi connectivity index (χ1) is 14.3. The molecule has 0 saturated heterocycles. The molecule has 0 spiro atoms. The third-order valence-corrected chi connectivity index (χ3v) is 5.91. The number of hydrogen-bond donors (Lipinski definition) is 0. The van der Waals surface area contributed by atoms with E-state index >= 15 is 0 Å². The van der Waals surface area contributed by atoms with Crippen LogP contribution in [0.15, 0.2) is 0 Å². The molecular weight excluding hydrogens is 376 g/mol. The van der Waals surface area contributed by atoms with Gasteiger partial charge in [-0.25, -0.2) is 0 Å². The van der Waals surface area contributed by atoms with E-state index in [1.165, 1.54) is 70.6 Å². The molecule has 0 heterocycles. The Labute approximate surface area is 186 Å². The number of ether oxygens (including phenoxy) is 2. The van der Waals surface area contributed by atoms with E-state index in [2.05, 4.69) is 6.92 Å². The first-order valence-electron chi connectivity index (χ1n) is 12.7. The molecule has 0 amide bonds. The zero-order chi connectivity index (χ0) is 22.8. The molecule has 1 atom stereocenters. The highest BCUT2D eigenvalue weighted by Gasteiger charge is 2.40. The van der Waals surface area contributed by atoms with Crippen LogP contribution in [-0.2, 0) is 19.1 Å². The molecule has 0 bridgehead atoms. The Morgan fingerprint density at radius 3 is 1.53 bits per heavy atom. The maximum atomic E-state index is 12.4. The van der Waals surface area contributed by atoms with Crippen molar-refractivity contribution in [1.82, 2.24) is 0 Å². The smallest absolute Gasteiger partial charge is 0.323 e. The number of carbonyl (C=O) groups excluding carboxylic acids is 2. The number of esters is 2. The molecule has 0 N–H and O–H groups in total. The van der Waals surface area contributed by atoms with Crippen molar-refractivity contribution in [2.75, 3.05) is 6.61 Å². The van der Waals surface area contributed by atoms with Crippen molar-refractivity contribution in [3.05, 3.63) is 0 Å². The Morgan fingerprint density at radius 2 is 1.13 bits per heavy atom. The molecule has 0 aliphatic carbocycles. The summed E-state index contributed by atoms with van der Waals surface area (Å²) >= 11 is 0. The van der Waals surface area contributed by atoms with E-state index in [1.807, 2.05) is 20.8 Å². The van der Waals surface area contributed by atoms with Gasteiger partial charge in [-0.3, -0.25) is 9.59 Å². The van der Waals surface area contributed by atoms with Gasteiger partial charge in [0.25, 0.3) is 0 Å². The molecule has 4 nitrogen and oxygen atoms in total. The van der Waals surface area contributed by atoms with Crippen LogP contribution in [0.5, 0.6) is 0 Å². The molecule has 0 aromatic heterocycles. The molecule has 0 radical (unpaired) electrons. The first-order valence-corrected chi connectivity index (χ1v) is 12.7. The lowest BCUT2D eigenvalue weighted by atomic mass is 9.93. The quantitative estimate of drug-likeness (QED) is 0.121. The number of hydrogen-bond acceptors (Lipinski definition) is 4. The van der Waals surface area contributed by atoms with Crippen molar-refractivity contribution in [3.63, 3.8) is 0 Å². The summed E-state index contributed by atoms with van der Waals surface area (Å²) in [5.74, 6) is -0.736. The molecule has 0 aromatic rings. The van der Waals surface area contributed by atoms with Crippen LogP contribution >= 0.6 is 0 Å². The van der Waals surface area contributed by atoms with Gasteiger partial charge in [-0.15, -0.1) is 0 Å². The van der Waals surface area contributed by atoms with Crippen LogP contribution in [0.3, 0.4) is 0 Å². The molecule has 0 aliphatic heterocycles. The number of unbranched alkanes of at least 4 members (excludes halogenated alkanes) is 12. The minimum atomic E-state index is -1.25. The molecule has 0 aromatic carbocycles. The number of rotatable bonds is 19. The zero-order valence-electron chi connectivity index (χ0n) is 20.9. The van der Waals surface area contributed by atoms with E-state index in [0.29, 0.717) is 6.61 Å². The second-order valence-electron chi connectivity index (χ2n) is 9.60. The average Bonchev–Trinajstić information content (AvgIpc) is 2.71. The van der Waals surface area contributed by atoms with Crippen molar-refractivity contribution >= 4 is 11.9 Å². The topological polar surface area (TPSA) is 52.6 Å². The maximum Gasteiger partial charge on any atom is 0.323 e. The minimum absolute atomic E-state index is 0.161. The largest absolute Gasteiger partial charge is 0.465 e. The standard InChI is InChI=1S/C26H50O4/c1-7-9-10-11-12-13-14-15-16-17-18-19-20-21-29-24(27)26(5,6)25(28)30-23(8-2)22(3)4/h22-23H,7-21H2,1-6H3. The van der Waals surface area contributed by atoms with Gasteiger partial charge in [0, 0.05) is 0 Å². The highest BCUT2D eigenvalue weighted by Crippen LogP contribution is 2.23. The van der Waals surface area contributed by atoms with Crippen molar-refractivity contribution in [1.29, 1.82) is 0 Å². The molecule has 1 unspecified atom stereocenters. The first kappa shape index (κ1) is 28.9. The van der Waals surface area contributed by atoms with Crippen LogP contribution in [0.25, 0.3) is 0 Å². The van der Waals surface area contributed by atoms with E-state index in [-0.39, 0.29) is 12.0 Å². The number of carbonyl (C=O) groups is 2. The SMILES string of the molecule is CCCCCCCCCCCCCCCOC(=O)C(C)(C)C(=O)OC(CC)C(C)C. The van der Waals surface area contributed by atoms with Gasteiger partial charge >= 0.3 is 11.9 Å². The molecule has 0 rings (SSSR count). The van der Waals surface area contributed by atoms with Crippen molar-refractivity contribution in [2.45, 2.75) is 138 Å². The predicted molar refractivity (Wildman–Crippen MR) is 125 cm³/mol. The van der Waals surface area contributed by atoms with Gasteiger partial charge in [-0.2, -0.15) is 0 Å². The van der Waals surface area contributed by atoms with E-state index in [4.69, 9.17) is 9.47 Å². The summed E-state index contributed by atoms with van der Waals surface area (Å²) in [6.07, 6.45) is 17.3. The van der Waals surface area contributed by atoms with Crippen LogP contribution < -0.4 is 0 Å². The van der Waals surface area contributed by atoms with Gasteiger partial charge in [0.05, 0.1) is 6.61 Å². The molecule has 178 valence electrons. The molecule has 4 heteroatoms. The molecule has 0 saturated carbocycles. The van der Waals surface area contributed by atoms with Gasteiger partial charge in [0.15, 0.2) is 5.41 Å². The Hall–Kier alpha value is -1.06. The maximum absolute atomic E-state index is 12.4. The third kappa shape index (κ3) is 13.3. The second kappa shape index (κ2) is 17.6. The lowest BCUT2D eigenvalue weighted by molar-refractivity contribution is -0.174. The fraction of sp³-hybridized carbons (Fsp3) is 0.923. The fourth-order valence-corrected chi connectivity index (χ4v) is 3.52. The molecule has 0 aliphatic rings. The van der Waals surface area contributed by atoms with Gasteiger partial charge in [0.2, 0.25) is 0 Å². The van der Waals surface area contributed by atoms with Crippen molar-refractivity contribution in [2.24, 2.45) is 11.3 Å². The van der Waals surface area contributed by atoms with E-state index in [0.717, 1.165) is 19.3 Å². The van der Waals surface area contributed by atoms with Crippen LogP contribution in [0.1, 0.15) is 131 Å². The van der Waals surface area contributed by atoms with Gasteiger partial charge in [-0.1, -0.05) is 105 Å². The lowest BCUT2D eigenvalue weighted by Crippen LogP contribution is -2.39. The third-order valence-electron chi connectivity index (χ3n) is 5.91. The Bertz CT molecular complexity index is 442. The summed E-state index contributed by atoms with van der Waals surface area (Å²) in [5, 5.41) is 0. The van der Waals surface area contributed by atoms with Gasteiger partial charge < -0.3 is 9.47 Å². The van der Waals surface area contributed by atoms with E-state index < -0.39 is 17.4 Å². The van der Waals surface area contributed by atoms with Crippen molar-refractivity contribution < 1.29 is 19.1 Å². The summed E-state index contributed by atoms with van der Waals surface area (Å²) in [7, 11) is 0. The zero-order valence-corrected chi connectivity index (χ0v) is 20.9. The summed E-state index contributed by atoms with van der Waals surface area (Å²) in [4.78, 5) is 24.7. The normalized spacial score (nSPS) is 12.8. The van der Waals surface area contributed by atoms with E-state index in [9.17, 15) is 9.59 Å². The summed E-state index contributed by atoms with van der Waals surface area (Å²) < 4.78 is 10.9. The van der Waals surface area contributed by atoms with Gasteiger partial charge in [0.1, 0.15) is 6.10 Å². The summed E-state index contributed by atoms with van der Waals surface area (Å²) in [6, 6.07) is 0. The van der Waals surface area contributed by atoms with Crippen LogP contribution in [0.4, 0.5) is 0 Å². The Balaban J connectivity index is 3.75. The highest BCUT2D eigenvalue weighted by atomic mass is 16.6. The van der Waals surface area contributed by atoms with Crippen LogP contribution in [0, 0.1) is 11.3 Å². The summed E-state index contributed by atoms with van der Waals surface area (Å²) in [5.41, 5.74) is -1.25. The molecule has 0 fully saturated rings. The lowest BCUT2D eigenvalue weighted by Gasteiger charge is -2.26. The summed E-state index contributed by atoms with van der Waals surface area (Å²) in [6.45, 7) is 11.8. The average molecular weight is 427 g/mol.